The van der Waals surface area contributed by atoms with Crippen LogP contribution in [0.2, 0.25) is 0 Å². The molecule has 0 radical (unpaired) electrons. The van der Waals surface area contributed by atoms with Crippen LogP contribution in [0.15, 0.2) is 41.3 Å². The Morgan fingerprint density at radius 3 is 2.29 bits per heavy atom. The number of halogens is 2. The van der Waals surface area contributed by atoms with Gasteiger partial charge in [-0.3, -0.25) is 0 Å². The molecular formula is C17H19F2NS. The predicted octanol–water partition coefficient (Wildman–Crippen LogP) is 4.63. The molecule has 0 aliphatic carbocycles. The number of rotatable bonds is 5. The van der Waals surface area contributed by atoms with Gasteiger partial charge in [-0.25, -0.2) is 8.78 Å². The van der Waals surface area contributed by atoms with E-state index >= 15 is 0 Å². The Hall–Kier alpha value is -1.39. The highest BCUT2D eigenvalue weighted by molar-refractivity contribution is 7.99. The van der Waals surface area contributed by atoms with E-state index in [9.17, 15) is 8.78 Å². The molecule has 0 aliphatic heterocycles. The maximum Gasteiger partial charge on any atom is 0.139 e. The zero-order valence-corrected chi connectivity index (χ0v) is 13.2. The van der Waals surface area contributed by atoms with Crippen molar-refractivity contribution in [1.29, 1.82) is 0 Å². The van der Waals surface area contributed by atoms with Gasteiger partial charge in [0.05, 0.1) is 0 Å². The molecule has 112 valence electrons. The van der Waals surface area contributed by atoms with Crippen molar-refractivity contribution in [3.05, 3.63) is 64.7 Å². The number of aryl methyl sites for hydroxylation is 2. The zero-order chi connectivity index (χ0) is 15.4. The monoisotopic (exact) mass is 307 g/mol. The van der Waals surface area contributed by atoms with Gasteiger partial charge in [-0.1, -0.05) is 29.3 Å². The van der Waals surface area contributed by atoms with Crippen molar-refractivity contribution in [3.8, 4) is 0 Å². The molecule has 1 N–H and O–H groups in total. The fourth-order valence-electron chi connectivity index (χ4n) is 2.32. The molecule has 0 aliphatic rings. The summed E-state index contributed by atoms with van der Waals surface area (Å²) in [6.07, 6.45) is 0. The van der Waals surface area contributed by atoms with Crippen LogP contribution in [0.1, 0.15) is 22.7 Å². The first-order valence-corrected chi connectivity index (χ1v) is 7.81. The minimum Gasteiger partial charge on any atom is -0.312 e. The molecule has 1 atom stereocenters. The van der Waals surface area contributed by atoms with Crippen LogP contribution in [0.5, 0.6) is 0 Å². The zero-order valence-electron chi connectivity index (χ0n) is 12.4. The van der Waals surface area contributed by atoms with Crippen molar-refractivity contribution in [2.75, 3.05) is 12.8 Å². The van der Waals surface area contributed by atoms with Gasteiger partial charge in [0.15, 0.2) is 0 Å². The predicted molar refractivity (Wildman–Crippen MR) is 84.8 cm³/mol. The second-order valence-corrected chi connectivity index (χ2v) is 6.21. The van der Waals surface area contributed by atoms with Gasteiger partial charge >= 0.3 is 0 Å². The summed E-state index contributed by atoms with van der Waals surface area (Å²) in [7, 11) is 1.89. The topological polar surface area (TPSA) is 12.0 Å². The summed E-state index contributed by atoms with van der Waals surface area (Å²) in [6.45, 7) is 4.13. The van der Waals surface area contributed by atoms with Crippen LogP contribution < -0.4 is 5.32 Å². The van der Waals surface area contributed by atoms with Gasteiger partial charge in [-0.15, -0.1) is 11.8 Å². The van der Waals surface area contributed by atoms with Crippen molar-refractivity contribution >= 4 is 11.8 Å². The summed E-state index contributed by atoms with van der Waals surface area (Å²) in [5, 5.41) is 3.26. The normalized spacial score (nSPS) is 12.4. The van der Waals surface area contributed by atoms with Crippen molar-refractivity contribution in [2.24, 2.45) is 0 Å². The second-order valence-electron chi connectivity index (χ2n) is 5.15. The lowest BCUT2D eigenvalue weighted by atomic mass is 10.0. The SMILES string of the molecule is CNC(CSc1ccc(F)cc1F)c1cc(C)cc(C)c1. The largest absolute Gasteiger partial charge is 0.312 e. The summed E-state index contributed by atoms with van der Waals surface area (Å²) in [5.74, 6) is -0.367. The quantitative estimate of drug-likeness (QED) is 0.808. The summed E-state index contributed by atoms with van der Waals surface area (Å²) < 4.78 is 26.6. The lowest BCUT2D eigenvalue weighted by Gasteiger charge is -2.18. The Balaban J connectivity index is 2.12. The second kappa shape index (κ2) is 7.05. The van der Waals surface area contributed by atoms with Crippen LogP contribution in [-0.2, 0) is 0 Å². The summed E-state index contributed by atoms with van der Waals surface area (Å²) in [5.41, 5.74) is 3.61. The number of hydrogen-bond donors (Lipinski definition) is 1. The van der Waals surface area contributed by atoms with E-state index in [0.717, 1.165) is 6.07 Å². The van der Waals surface area contributed by atoms with Crippen LogP contribution in [0, 0.1) is 25.5 Å². The van der Waals surface area contributed by atoms with Gasteiger partial charge in [0, 0.05) is 22.8 Å². The van der Waals surface area contributed by atoms with Crippen molar-refractivity contribution in [2.45, 2.75) is 24.8 Å². The van der Waals surface area contributed by atoms with E-state index in [1.165, 1.54) is 40.6 Å². The molecule has 0 amide bonds. The standard InChI is InChI=1S/C17H19F2NS/c1-11-6-12(2)8-13(7-11)16(20-3)10-21-17-5-4-14(18)9-15(17)19/h4-9,16,20H,10H2,1-3H3. The van der Waals surface area contributed by atoms with Crippen LogP contribution in [0.4, 0.5) is 8.78 Å². The molecule has 2 aromatic carbocycles. The fraction of sp³-hybridized carbons (Fsp3) is 0.294. The third-order valence-electron chi connectivity index (χ3n) is 3.29. The highest BCUT2D eigenvalue weighted by Gasteiger charge is 2.12. The van der Waals surface area contributed by atoms with E-state index in [1.807, 2.05) is 7.05 Å². The van der Waals surface area contributed by atoms with E-state index in [1.54, 1.807) is 0 Å². The van der Waals surface area contributed by atoms with Gasteiger partial charge in [0.1, 0.15) is 11.6 Å². The summed E-state index contributed by atoms with van der Waals surface area (Å²) in [4.78, 5) is 0.473. The first-order chi connectivity index (χ1) is 9.99. The van der Waals surface area contributed by atoms with E-state index < -0.39 is 11.6 Å². The van der Waals surface area contributed by atoms with Crippen LogP contribution in [0.3, 0.4) is 0 Å². The van der Waals surface area contributed by atoms with E-state index in [-0.39, 0.29) is 6.04 Å². The molecule has 0 saturated carbocycles. The molecular weight excluding hydrogens is 288 g/mol. The number of thioether (sulfide) groups is 1. The average Bonchev–Trinajstić information content (AvgIpc) is 2.40. The molecule has 2 rings (SSSR count). The van der Waals surface area contributed by atoms with Crippen LogP contribution >= 0.6 is 11.8 Å². The Morgan fingerprint density at radius 1 is 1.05 bits per heavy atom. The summed E-state index contributed by atoms with van der Waals surface area (Å²) in [6, 6.07) is 10.2. The minimum atomic E-state index is -0.545. The smallest absolute Gasteiger partial charge is 0.139 e. The van der Waals surface area contributed by atoms with Gasteiger partial charge in [0.25, 0.3) is 0 Å². The molecule has 0 aromatic heterocycles. The number of benzene rings is 2. The molecule has 4 heteroatoms. The average molecular weight is 307 g/mol. The fourth-order valence-corrected chi connectivity index (χ4v) is 3.39. The van der Waals surface area contributed by atoms with Crippen molar-refractivity contribution in [1.82, 2.24) is 5.32 Å². The van der Waals surface area contributed by atoms with Crippen molar-refractivity contribution < 1.29 is 8.78 Å². The number of nitrogens with one attached hydrogen (secondary N) is 1. The molecule has 1 unspecified atom stereocenters. The first-order valence-electron chi connectivity index (χ1n) is 6.83. The third-order valence-corrected chi connectivity index (χ3v) is 4.44. The molecule has 1 nitrogen and oxygen atoms in total. The lowest BCUT2D eigenvalue weighted by molar-refractivity contribution is 0.565. The van der Waals surface area contributed by atoms with Crippen molar-refractivity contribution in [3.63, 3.8) is 0 Å². The van der Waals surface area contributed by atoms with E-state index in [2.05, 4.69) is 37.4 Å². The molecule has 0 spiro atoms. The third kappa shape index (κ3) is 4.29. The molecule has 2 aromatic rings. The Kier molecular flexibility index (Phi) is 5.37. The van der Waals surface area contributed by atoms with Crippen LogP contribution in [0.25, 0.3) is 0 Å². The summed E-state index contributed by atoms with van der Waals surface area (Å²) >= 11 is 1.39. The highest BCUT2D eigenvalue weighted by atomic mass is 32.2. The molecule has 21 heavy (non-hydrogen) atoms. The van der Waals surface area contributed by atoms with Gasteiger partial charge in [-0.2, -0.15) is 0 Å². The Bertz CT molecular complexity index is 608. The van der Waals surface area contributed by atoms with Gasteiger partial charge < -0.3 is 5.32 Å². The molecule has 0 saturated heterocycles. The molecule has 0 bridgehead atoms. The van der Waals surface area contributed by atoms with Gasteiger partial charge in [0.2, 0.25) is 0 Å². The highest BCUT2D eigenvalue weighted by Crippen LogP contribution is 2.28. The maximum absolute atomic E-state index is 13.7. The Labute approximate surface area is 128 Å². The van der Waals surface area contributed by atoms with Gasteiger partial charge in [-0.05, 0) is 38.6 Å². The van der Waals surface area contributed by atoms with E-state index in [4.69, 9.17) is 0 Å². The number of hydrogen-bond acceptors (Lipinski definition) is 2. The Morgan fingerprint density at radius 2 is 1.71 bits per heavy atom. The maximum atomic E-state index is 13.7. The first kappa shape index (κ1) is 16.0. The minimum absolute atomic E-state index is 0.123. The van der Waals surface area contributed by atoms with E-state index in [0.29, 0.717) is 10.6 Å². The lowest BCUT2D eigenvalue weighted by Crippen LogP contribution is -2.19. The van der Waals surface area contributed by atoms with Crippen LogP contribution in [-0.4, -0.2) is 12.8 Å². The molecule has 0 heterocycles. The molecule has 0 fully saturated rings.